The number of hydrogen-bond acceptors (Lipinski definition) is 2. The summed E-state index contributed by atoms with van der Waals surface area (Å²) in [5, 5.41) is 16.7. The first kappa shape index (κ1) is 16.9. The fraction of sp³-hybridized carbons (Fsp3) is 0.105. The number of para-hydroxylation sites is 1. The molecule has 0 fully saturated rings. The summed E-state index contributed by atoms with van der Waals surface area (Å²) in [5.74, 6) is -1.74. The van der Waals surface area contributed by atoms with Crippen LogP contribution in [-0.4, -0.2) is 17.7 Å². The zero-order valence-electron chi connectivity index (χ0n) is 13.2. The first-order valence-electron chi connectivity index (χ1n) is 7.71. The van der Waals surface area contributed by atoms with Crippen molar-refractivity contribution in [2.75, 3.05) is 11.9 Å². The van der Waals surface area contributed by atoms with Gasteiger partial charge in [0.25, 0.3) is 0 Å². The van der Waals surface area contributed by atoms with Crippen molar-refractivity contribution in [2.45, 2.75) is 6.10 Å². The minimum atomic E-state index is -0.956. The molecule has 0 aromatic heterocycles. The molecule has 0 spiro atoms. The van der Waals surface area contributed by atoms with E-state index in [1.165, 1.54) is 6.07 Å². The van der Waals surface area contributed by atoms with Gasteiger partial charge in [0.2, 0.25) is 0 Å². The molecule has 0 radical (unpaired) electrons. The average Bonchev–Trinajstić information content (AvgIpc) is 2.62. The average molecular weight is 342 g/mol. The Morgan fingerprint density at radius 3 is 2.36 bits per heavy atom. The SMILES string of the molecule is O=C(NC[C@H](O)c1cccc2ccccc12)Nc1c(F)cccc1F. The Kier molecular flexibility index (Phi) is 4.90. The normalized spacial score (nSPS) is 12.0. The van der Waals surface area contributed by atoms with E-state index in [0.717, 1.165) is 22.9 Å². The monoisotopic (exact) mass is 342 g/mol. The van der Waals surface area contributed by atoms with Crippen LogP contribution in [0.3, 0.4) is 0 Å². The van der Waals surface area contributed by atoms with Crippen LogP contribution in [0.1, 0.15) is 11.7 Å². The van der Waals surface area contributed by atoms with Crippen molar-refractivity contribution in [3.8, 4) is 0 Å². The Balaban J connectivity index is 1.67. The number of nitrogens with one attached hydrogen (secondary N) is 2. The van der Waals surface area contributed by atoms with Crippen LogP contribution < -0.4 is 10.6 Å². The smallest absolute Gasteiger partial charge is 0.319 e. The van der Waals surface area contributed by atoms with Gasteiger partial charge >= 0.3 is 6.03 Å². The number of amides is 2. The fourth-order valence-corrected chi connectivity index (χ4v) is 2.62. The molecule has 3 aromatic rings. The minimum absolute atomic E-state index is 0.101. The Labute approximate surface area is 143 Å². The highest BCUT2D eigenvalue weighted by molar-refractivity contribution is 5.90. The molecule has 0 saturated heterocycles. The standard InChI is InChI=1S/C19H16F2N2O2/c20-15-9-4-10-16(21)18(15)23-19(25)22-11-17(24)14-8-3-6-12-5-1-2-7-13(12)14/h1-10,17,24H,11H2,(H2,22,23,25)/t17-/m0/s1. The van der Waals surface area contributed by atoms with Gasteiger partial charge in [-0.2, -0.15) is 0 Å². The number of rotatable bonds is 4. The molecule has 25 heavy (non-hydrogen) atoms. The number of carbonyl (C=O) groups is 1. The molecule has 0 aliphatic rings. The number of urea groups is 1. The van der Waals surface area contributed by atoms with Gasteiger partial charge in [-0.25, -0.2) is 13.6 Å². The predicted octanol–water partition coefficient (Wildman–Crippen LogP) is 3.97. The van der Waals surface area contributed by atoms with Crippen molar-refractivity contribution in [3.05, 3.63) is 77.9 Å². The fourth-order valence-electron chi connectivity index (χ4n) is 2.62. The zero-order valence-corrected chi connectivity index (χ0v) is 13.2. The van der Waals surface area contributed by atoms with Gasteiger partial charge in [-0.15, -0.1) is 0 Å². The lowest BCUT2D eigenvalue weighted by Crippen LogP contribution is -2.33. The summed E-state index contributed by atoms with van der Waals surface area (Å²) in [6.45, 7) is -0.101. The topological polar surface area (TPSA) is 61.4 Å². The maximum Gasteiger partial charge on any atom is 0.319 e. The third kappa shape index (κ3) is 3.75. The molecule has 4 nitrogen and oxygen atoms in total. The van der Waals surface area contributed by atoms with Crippen molar-refractivity contribution < 1.29 is 18.7 Å². The second kappa shape index (κ2) is 7.27. The number of fused-ring (bicyclic) bond motifs is 1. The second-order valence-electron chi connectivity index (χ2n) is 5.52. The Morgan fingerprint density at radius 2 is 1.60 bits per heavy atom. The summed E-state index contributed by atoms with van der Waals surface area (Å²) in [7, 11) is 0. The number of aliphatic hydroxyl groups is 1. The van der Waals surface area contributed by atoms with Crippen molar-refractivity contribution >= 4 is 22.5 Å². The first-order valence-corrected chi connectivity index (χ1v) is 7.71. The minimum Gasteiger partial charge on any atom is -0.387 e. The number of aliphatic hydroxyl groups excluding tert-OH is 1. The van der Waals surface area contributed by atoms with Crippen molar-refractivity contribution in [1.29, 1.82) is 0 Å². The second-order valence-corrected chi connectivity index (χ2v) is 5.52. The molecule has 0 saturated carbocycles. The van der Waals surface area contributed by atoms with E-state index in [0.29, 0.717) is 5.56 Å². The largest absolute Gasteiger partial charge is 0.387 e. The highest BCUT2D eigenvalue weighted by atomic mass is 19.1. The van der Waals surface area contributed by atoms with E-state index in [-0.39, 0.29) is 6.54 Å². The maximum absolute atomic E-state index is 13.5. The highest BCUT2D eigenvalue weighted by Crippen LogP contribution is 2.24. The third-order valence-corrected chi connectivity index (χ3v) is 3.84. The van der Waals surface area contributed by atoms with E-state index in [9.17, 15) is 18.7 Å². The number of halogens is 2. The van der Waals surface area contributed by atoms with Crippen LogP contribution in [-0.2, 0) is 0 Å². The van der Waals surface area contributed by atoms with E-state index >= 15 is 0 Å². The zero-order chi connectivity index (χ0) is 17.8. The number of hydrogen-bond donors (Lipinski definition) is 3. The molecule has 2 amide bonds. The molecule has 1 atom stereocenters. The molecular formula is C19H16F2N2O2. The Morgan fingerprint density at radius 1 is 0.960 bits per heavy atom. The molecule has 0 aliphatic heterocycles. The van der Waals surface area contributed by atoms with Crippen LogP contribution in [0, 0.1) is 11.6 Å². The van der Waals surface area contributed by atoms with Crippen LogP contribution in [0.2, 0.25) is 0 Å². The lowest BCUT2D eigenvalue weighted by Gasteiger charge is -2.15. The van der Waals surface area contributed by atoms with Crippen molar-refractivity contribution in [1.82, 2.24) is 5.32 Å². The Hall–Kier alpha value is -2.99. The van der Waals surface area contributed by atoms with E-state index in [1.54, 1.807) is 6.07 Å². The lowest BCUT2D eigenvalue weighted by molar-refractivity contribution is 0.176. The molecule has 0 aliphatic carbocycles. The van der Waals surface area contributed by atoms with Crippen molar-refractivity contribution in [3.63, 3.8) is 0 Å². The molecule has 0 bridgehead atoms. The van der Waals surface area contributed by atoms with Crippen LogP contribution in [0.25, 0.3) is 10.8 Å². The maximum atomic E-state index is 13.5. The summed E-state index contributed by atoms with van der Waals surface area (Å²) in [6, 6.07) is 15.6. The number of carbonyl (C=O) groups excluding carboxylic acids is 1. The van der Waals surface area contributed by atoms with Gasteiger partial charge in [0.05, 0.1) is 6.10 Å². The van der Waals surface area contributed by atoms with E-state index in [1.807, 2.05) is 36.4 Å². The molecule has 3 rings (SSSR count). The Bertz CT molecular complexity index is 889. The summed E-state index contributed by atoms with van der Waals surface area (Å²) < 4.78 is 27.0. The lowest BCUT2D eigenvalue weighted by atomic mass is 10.0. The molecular weight excluding hydrogens is 326 g/mol. The van der Waals surface area contributed by atoms with Crippen LogP contribution in [0.15, 0.2) is 60.7 Å². The van der Waals surface area contributed by atoms with Gasteiger partial charge in [0.15, 0.2) is 0 Å². The van der Waals surface area contributed by atoms with Crippen LogP contribution in [0.5, 0.6) is 0 Å². The molecule has 3 aromatic carbocycles. The van der Waals surface area contributed by atoms with Gasteiger partial charge in [0.1, 0.15) is 17.3 Å². The number of anilines is 1. The quantitative estimate of drug-likeness (QED) is 0.672. The summed E-state index contributed by atoms with van der Waals surface area (Å²) in [4.78, 5) is 11.8. The molecule has 0 heterocycles. The van der Waals surface area contributed by atoms with Gasteiger partial charge < -0.3 is 15.7 Å². The van der Waals surface area contributed by atoms with Crippen LogP contribution in [0.4, 0.5) is 19.3 Å². The summed E-state index contributed by atoms with van der Waals surface area (Å²) >= 11 is 0. The van der Waals surface area contributed by atoms with E-state index in [4.69, 9.17) is 0 Å². The first-order chi connectivity index (χ1) is 12.1. The highest BCUT2D eigenvalue weighted by Gasteiger charge is 2.15. The summed E-state index contributed by atoms with van der Waals surface area (Å²) in [5.41, 5.74) is 0.134. The number of benzene rings is 3. The van der Waals surface area contributed by atoms with E-state index < -0.39 is 29.5 Å². The van der Waals surface area contributed by atoms with Crippen molar-refractivity contribution in [2.24, 2.45) is 0 Å². The predicted molar refractivity (Wildman–Crippen MR) is 92.3 cm³/mol. The molecule has 6 heteroatoms. The summed E-state index contributed by atoms with van der Waals surface area (Å²) in [6.07, 6.45) is -0.956. The van der Waals surface area contributed by atoms with Gasteiger partial charge in [-0.1, -0.05) is 48.5 Å². The third-order valence-electron chi connectivity index (χ3n) is 3.84. The molecule has 0 unspecified atom stereocenters. The van der Waals surface area contributed by atoms with Gasteiger partial charge in [-0.05, 0) is 28.5 Å². The molecule has 128 valence electrons. The van der Waals surface area contributed by atoms with E-state index in [2.05, 4.69) is 10.6 Å². The molecule has 3 N–H and O–H groups in total. The van der Waals surface area contributed by atoms with Gasteiger partial charge in [-0.3, -0.25) is 0 Å². The van der Waals surface area contributed by atoms with Gasteiger partial charge in [0, 0.05) is 6.54 Å². The van der Waals surface area contributed by atoms with Crippen LogP contribution >= 0.6 is 0 Å².